The van der Waals surface area contributed by atoms with Gasteiger partial charge in [0, 0.05) is 5.69 Å². The summed E-state index contributed by atoms with van der Waals surface area (Å²) < 4.78 is 11.4. The van der Waals surface area contributed by atoms with Crippen LogP contribution in [0.2, 0.25) is 0 Å². The van der Waals surface area contributed by atoms with Crippen molar-refractivity contribution in [1.29, 1.82) is 0 Å². The summed E-state index contributed by atoms with van der Waals surface area (Å²) in [5.74, 6) is 1.29. The largest absolute Gasteiger partial charge is 0.484 e. The minimum atomic E-state index is -0.112. The second kappa shape index (κ2) is 9.34. The quantitative estimate of drug-likeness (QED) is 0.546. The molecule has 1 aliphatic carbocycles. The summed E-state index contributed by atoms with van der Waals surface area (Å²) in [5, 5.41) is 11.3. The molecule has 156 valence electrons. The number of aryl methyl sites for hydroxylation is 4. The number of nitrogens with zero attached hydrogens (tertiary/aromatic N) is 2. The van der Waals surface area contributed by atoms with E-state index in [0.717, 1.165) is 35.4 Å². The summed E-state index contributed by atoms with van der Waals surface area (Å²) >= 11 is 1.21. The highest BCUT2D eigenvalue weighted by Crippen LogP contribution is 2.26. The highest BCUT2D eigenvalue weighted by Gasteiger charge is 2.13. The number of ether oxygens (including phenoxy) is 1. The number of carbonyl (C=O) groups is 1. The van der Waals surface area contributed by atoms with Gasteiger partial charge in [-0.3, -0.25) is 4.79 Å². The molecule has 0 bridgehead atoms. The summed E-state index contributed by atoms with van der Waals surface area (Å²) in [6.07, 6.45) is 4.75. The molecule has 1 aromatic heterocycles. The van der Waals surface area contributed by atoms with E-state index in [4.69, 9.17) is 9.15 Å². The van der Waals surface area contributed by atoms with Gasteiger partial charge in [-0.2, -0.15) is 0 Å². The van der Waals surface area contributed by atoms with Gasteiger partial charge in [0.1, 0.15) is 5.75 Å². The number of benzene rings is 2. The van der Waals surface area contributed by atoms with Crippen molar-refractivity contribution in [2.45, 2.75) is 51.4 Å². The number of hydrogen-bond acceptors (Lipinski definition) is 6. The zero-order chi connectivity index (χ0) is 20.9. The van der Waals surface area contributed by atoms with E-state index in [1.54, 1.807) is 0 Å². The Morgan fingerprint density at radius 1 is 1.10 bits per heavy atom. The van der Waals surface area contributed by atoms with Crippen molar-refractivity contribution in [2.75, 3.05) is 11.1 Å². The number of rotatable bonds is 7. The van der Waals surface area contributed by atoms with E-state index in [0.29, 0.717) is 11.1 Å². The second-order valence-corrected chi connectivity index (χ2v) is 8.47. The Morgan fingerprint density at radius 2 is 1.93 bits per heavy atom. The molecule has 1 N–H and O–H groups in total. The lowest BCUT2D eigenvalue weighted by molar-refractivity contribution is -0.113. The van der Waals surface area contributed by atoms with Gasteiger partial charge in [-0.1, -0.05) is 30.0 Å². The number of aromatic nitrogens is 2. The van der Waals surface area contributed by atoms with E-state index >= 15 is 0 Å². The van der Waals surface area contributed by atoms with Gasteiger partial charge in [-0.15, -0.1) is 10.2 Å². The zero-order valence-corrected chi connectivity index (χ0v) is 18.1. The Labute approximate surface area is 180 Å². The van der Waals surface area contributed by atoms with Crippen LogP contribution in [0.5, 0.6) is 5.75 Å². The third-order valence-corrected chi connectivity index (χ3v) is 5.94. The summed E-state index contributed by atoms with van der Waals surface area (Å²) in [4.78, 5) is 12.2. The van der Waals surface area contributed by atoms with Crippen LogP contribution in [0.25, 0.3) is 0 Å². The van der Waals surface area contributed by atoms with Crippen molar-refractivity contribution in [3.05, 3.63) is 64.5 Å². The van der Waals surface area contributed by atoms with Gasteiger partial charge in [0.25, 0.3) is 11.1 Å². The van der Waals surface area contributed by atoms with Crippen molar-refractivity contribution >= 4 is 23.4 Å². The lowest BCUT2D eigenvalue weighted by atomic mass is 9.92. The highest BCUT2D eigenvalue weighted by molar-refractivity contribution is 7.99. The number of fused-ring (bicyclic) bond motifs is 1. The normalized spacial score (nSPS) is 13.0. The maximum Gasteiger partial charge on any atom is 0.277 e. The van der Waals surface area contributed by atoms with Crippen LogP contribution in [0.3, 0.4) is 0 Å². The average molecular weight is 424 g/mol. The molecule has 1 amide bonds. The Morgan fingerprint density at radius 3 is 2.80 bits per heavy atom. The van der Waals surface area contributed by atoms with E-state index in [9.17, 15) is 4.79 Å². The van der Waals surface area contributed by atoms with Crippen molar-refractivity contribution in [1.82, 2.24) is 10.2 Å². The number of anilines is 1. The van der Waals surface area contributed by atoms with Gasteiger partial charge < -0.3 is 14.5 Å². The number of hydrogen-bond donors (Lipinski definition) is 1. The number of thioether (sulfide) groups is 1. The maximum absolute atomic E-state index is 12.2. The van der Waals surface area contributed by atoms with Crippen LogP contribution >= 0.6 is 11.8 Å². The fourth-order valence-corrected chi connectivity index (χ4v) is 4.06. The third-order valence-electron chi connectivity index (χ3n) is 5.12. The van der Waals surface area contributed by atoms with Crippen LogP contribution in [0.1, 0.15) is 41.0 Å². The Hall–Kier alpha value is -2.80. The van der Waals surface area contributed by atoms with Crippen LogP contribution in [-0.2, 0) is 24.2 Å². The average Bonchev–Trinajstić information content (AvgIpc) is 3.21. The smallest absolute Gasteiger partial charge is 0.277 e. The maximum atomic E-state index is 12.2. The molecule has 30 heavy (non-hydrogen) atoms. The lowest BCUT2D eigenvalue weighted by Gasteiger charge is -2.16. The van der Waals surface area contributed by atoms with Crippen molar-refractivity contribution < 1.29 is 13.9 Å². The topological polar surface area (TPSA) is 77.2 Å². The number of nitrogens with one attached hydrogen (secondary N) is 1. The molecule has 1 heterocycles. The van der Waals surface area contributed by atoms with Crippen LogP contribution in [0.4, 0.5) is 5.69 Å². The number of amides is 1. The first-order chi connectivity index (χ1) is 14.6. The van der Waals surface area contributed by atoms with E-state index < -0.39 is 0 Å². The molecule has 0 saturated carbocycles. The summed E-state index contributed by atoms with van der Waals surface area (Å²) in [5.41, 5.74) is 5.74. The summed E-state index contributed by atoms with van der Waals surface area (Å²) in [6, 6.07) is 12.2. The van der Waals surface area contributed by atoms with Gasteiger partial charge >= 0.3 is 0 Å². The van der Waals surface area contributed by atoms with Crippen molar-refractivity contribution in [2.24, 2.45) is 0 Å². The standard InChI is InChI=1S/C23H25N3O3S/c1-15-7-8-16(2)20(11-15)24-21(27)14-30-23-26-25-22(29-23)13-28-19-10-9-17-5-3-4-6-18(17)12-19/h7-12H,3-6,13-14H2,1-2H3,(H,24,27). The minimum Gasteiger partial charge on any atom is -0.484 e. The predicted octanol–water partition coefficient (Wildman–Crippen LogP) is 4.88. The van der Waals surface area contributed by atoms with Crippen LogP contribution in [0, 0.1) is 13.8 Å². The molecule has 0 spiro atoms. The van der Waals surface area contributed by atoms with Gasteiger partial charge in [0.05, 0.1) is 5.75 Å². The monoisotopic (exact) mass is 423 g/mol. The van der Waals surface area contributed by atoms with Crippen molar-refractivity contribution in [3.8, 4) is 5.75 Å². The highest BCUT2D eigenvalue weighted by atomic mass is 32.2. The van der Waals surface area contributed by atoms with E-state index in [2.05, 4.69) is 27.6 Å². The second-order valence-electron chi connectivity index (χ2n) is 7.54. The van der Waals surface area contributed by atoms with E-state index in [-0.39, 0.29) is 18.3 Å². The Bertz CT molecular complexity index is 1050. The lowest BCUT2D eigenvalue weighted by Crippen LogP contribution is -2.14. The predicted molar refractivity (Wildman–Crippen MR) is 117 cm³/mol. The van der Waals surface area contributed by atoms with Crippen LogP contribution < -0.4 is 10.1 Å². The Balaban J connectivity index is 1.27. The molecule has 0 fully saturated rings. The van der Waals surface area contributed by atoms with E-state index in [1.165, 1.54) is 35.7 Å². The molecule has 6 nitrogen and oxygen atoms in total. The molecule has 0 saturated heterocycles. The van der Waals surface area contributed by atoms with Crippen molar-refractivity contribution in [3.63, 3.8) is 0 Å². The first-order valence-corrected chi connectivity index (χ1v) is 11.1. The first-order valence-electron chi connectivity index (χ1n) is 10.1. The minimum absolute atomic E-state index is 0.112. The molecular formula is C23H25N3O3S. The molecule has 1 aliphatic rings. The van der Waals surface area contributed by atoms with E-state index in [1.807, 2.05) is 38.1 Å². The fourth-order valence-electron chi connectivity index (χ4n) is 3.48. The van der Waals surface area contributed by atoms with Crippen LogP contribution in [0.15, 0.2) is 46.0 Å². The first kappa shape index (κ1) is 20.5. The summed E-state index contributed by atoms with van der Waals surface area (Å²) in [7, 11) is 0. The molecule has 7 heteroatoms. The fraction of sp³-hybridized carbons (Fsp3) is 0.348. The van der Waals surface area contributed by atoms with Gasteiger partial charge in [-0.05, 0) is 80.0 Å². The molecule has 0 aliphatic heterocycles. The van der Waals surface area contributed by atoms with Gasteiger partial charge in [0.2, 0.25) is 5.91 Å². The van der Waals surface area contributed by atoms with Gasteiger partial charge in [-0.25, -0.2) is 0 Å². The SMILES string of the molecule is Cc1ccc(C)c(NC(=O)CSc2nnc(COc3ccc4c(c3)CCCC4)o2)c1. The molecule has 0 unspecified atom stereocenters. The zero-order valence-electron chi connectivity index (χ0n) is 17.2. The molecule has 0 radical (unpaired) electrons. The molecule has 4 rings (SSSR count). The molecular weight excluding hydrogens is 398 g/mol. The summed E-state index contributed by atoms with van der Waals surface area (Å²) in [6.45, 7) is 4.17. The molecule has 0 atom stereocenters. The number of carbonyl (C=O) groups excluding carboxylic acids is 1. The van der Waals surface area contributed by atoms with Gasteiger partial charge in [0.15, 0.2) is 6.61 Å². The van der Waals surface area contributed by atoms with Crippen LogP contribution in [-0.4, -0.2) is 21.9 Å². The Kier molecular flexibility index (Phi) is 6.38. The third kappa shape index (κ3) is 5.21. The molecule has 3 aromatic rings. The molecule has 2 aromatic carbocycles.